The summed E-state index contributed by atoms with van der Waals surface area (Å²) in [6.07, 6.45) is 1.12. The summed E-state index contributed by atoms with van der Waals surface area (Å²) in [5.41, 5.74) is 2.79. The van der Waals surface area contributed by atoms with Crippen LogP contribution in [0, 0.1) is 0 Å². The van der Waals surface area contributed by atoms with Gasteiger partial charge in [-0.1, -0.05) is 35.5 Å². The molecule has 122 valence electrons. The van der Waals surface area contributed by atoms with E-state index in [-0.39, 0.29) is 13.2 Å². The van der Waals surface area contributed by atoms with Gasteiger partial charge in [-0.3, -0.25) is 5.32 Å². The average molecular weight is 324 g/mol. The monoisotopic (exact) mass is 324 g/mol. The first-order valence-corrected chi connectivity index (χ1v) is 7.35. The summed E-state index contributed by atoms with van der Waals surface area (Å²) in [5, 5.41) is 19.4. The number of nitrogens with zero attached hydrogens (tertiary/aromatic N) is 3. The third kappa shape index (κ3) is 3.96. The Bertz CT molecular complexity index is 800. The van der Waals surface area contributed by atoms with E-state index < -0.39 is 6.09 Å². The highest BCUT2D eigenvalue weighted by Gasteiger charge is 2.05. The molecule has 2 N–H and O–H groups in total. The van der Waals surface area contributed by atoms with Crippen LogP contribution in [-0.4, -0.2) is 26.2 Å². The topological polar surface area (TPSA) is 89.3 Å². The molecular weight excluding hydrogens is 308 g/mol. The first kappa shape index (κ1) is 15.7. The third-order valence-electron chi connectivity index (χ3n) is 3.29. The van der Waals surface area contributed by atoms with Gasteiger partial charge in [0.25, 0.3) is 0 Å². The number of carbonyl (C=O) groups is 1. The summed E-state index contributed by atoms with van der Waals surface area (Å²) in [7, 11) is 0. The van der Waals surface area contributed by atoms with E-state index in [1.165, 1.54) is 0 Å². The Morgan fingerprint density at radius 1 is 1.12 bits per heavy atom. The van der Waals surface area contributed by atoms with Crippen molar-refractivity contribution < 1.29 is 14.6 Å². The van der Waals surface area contributed by atoms with Crippen LogP contribution in [0.5, 0.6) is 0 Å². The van der Waals surface area contributed by atoms with Crippen molar-refractivity contribution in [2.45, 2.75) is 13.2 Å². The Morgan fingerprint density at radius 3 is 2.54 bits per heavy atom. The maximum absolute atomic E-state index is 11.8. The van der Waals surface area contributed by atoms with Crippen LogP contribution in [0.25, 0.3) is 5.69 Å². The first-order valence-electron chi connectivity index (χ1n) is 7.35. The Kier molecular flexibility index (Phi) is 4.83. The molecule has 0 saturated carbocycles. The molecule has 0 aliphatic heterocycles. The predicted molar refractivity (Wildman–Crippen MR) is 87.5 cm³/mol. The molecule has 0 unspecified atom stereocenters. The molecule has 1 aromatic heterocycles. The molecule has 7 nitrogen and oxygen atoms in total. The van der Waals surface area contributed by atoms with Crippen molar-refractivity contribution in [1.82, 2.24) is 15.0 Å². The van der Waals surface area contributed by atoms with E-state index in [0.29, 0.717) is 11.4 Å². The van der Waals surface area contributed by atoms with E-state index >= 15 is 0 Å². The molecule has 7 heteroatoms. The molecule has 0 bridgehead atoms. The number of ether oxygens (including phenoxy) is 1. The van der Waals surface area contributed by atoms with Crippen LogP contribution in [0.1, 0.15) is 11.3 Å². The van der Waals surface area contributed by atoms with E-state index in [2.05, 4.69) is 15.6 Å². The van der Waals surface area contributed by atoms with Gasteiger partial charge in [0.15, 0.2) is 0 Å². The van der Waals surface area contributed by atoms with Crippen molar-refractivity contribution in [3.8, 4) is 5.69 Å². The molecule has 0 spiro atoms. The van der Waals surface area contributed by atoms with Crippen molar-refractivity contribution in [2.24, 2.45) is 0 Å². The summed E-state index contributed by atoms with van der Waals surface area (Å²) in [4.78, 5) is 11.8. The van der Waals surface area contributed by atoms with Gasteiger partial charge in [0.05, 0.1) is 18.5 Å². The molecule has 3 aromatic rings. The van der Waals surface area contributed by atoms with Crippen molar-refractivity contribution >= 4 is 11.8 Å². The van der Waals surface area contributed by atoms with Gasteiger partial charge in [-0.2, -0.15) is 0 Å². The van der Waals surface area contributed by atoms with Gasteiger partial charge in [0.2, 0.25) is 0 Å². The van der Waals surface area contributed by atoms with Gasteiger partial charge >= 0.3 is 6.09 Å². The number of hydrogen-bond donors (Lipinski definition) is 2. The van der Waals surface area contributed by atoms with Crippen LogP contribution in [0.3, 0.4) is 0 Å². The fourth-order valence-electron chi connectivity index (χ4n) is 2.07. The second-order valence-electron chi connectivity index (χ2n) is 5.05. The number of amides is 1. The number of nitrogens with one attached hydrogen (secondary N) is 1. The van der Waals surface area contributed by atoms with Gasteiger partial charge in [0.1, 0.15) is 12.3 Å². The number of anilines is 1. The number of aromatic nitrogens is 3. The van der Waals surface area contributed by atoms with Crippen molar-refractivity contribution in [3.63, 3.8) is 0 Å². The SMILES string of the molecule is O=C(Nc1ccc(-n2cc(CO)nn2)cc1)OCc1ccccc1. The van der Waals surface area contributed by atoms with Crippen LogP contribution in [0.15, 0.2) is 60.8 Å². The minimum Gasteiger partial charge on any atom is -0.444 e. The van der Waals surface area contributed by atoms with Crippen LogP contribution in [0.4, 0.5) is 10.5 Å². The molecule has 0 fully saturated rings. The summed E-state index contributed by atoms with van der Waals surface area (Å²) >= 11 is 0. The third-order valence-corrected chi connectivity index (χ3v) is 3.29. The maximum atomic E-state index is 11.8. The van der Waals surface area contributed by atoms with Gasteiger partial charge in [-0.05, 0) is 29.8 Å². The average Bonchev–Trinajstić information content (AvgIpc) is 3.11. The molecule has 0 aliphatic rings. The zero-order chi connectivity index (χ0) is 16.8. The Hall–Kier alpha value is -3.19. The Morgan fingerprint density at radius 2 is 1.88 bits per heavy atom. The molecule has 2 aromatic carbocycles. The molecule has 0 saturated heterocycles. The van der Waals surface area contributed by atoms with Crippen LogP contribution >= 0.6 is 0 Å². The highest BCUT2D eigenvalue weighted by Crippen LogP contribution is 2.13. The quantitative estimate of drug-likeness (QED) is 0.753. The standard InChI is InChI=1S/C17H16N4O3/c22-11-15-10-21(20-19-15)16-8-6-14(7-9-16)18-17(23)24-12-13-4-2-1-3-5-13/h1-10,22H,11-12H2,(H,18,23). The lowest BCUT2D eigenvalue weighted by atomic mass is 10.2. The zero-order valence-corrected chi connectivity index (χ0v) is 12.8. The second-order valence-corrected chi connectivity index (χ2v) is 5.05. The summed E-state index contributed by atoms with van der Waals surface area (Å²) < 4.78 is 6.70. The highest BCUT2D eigenvalue weighted by atomic mass is 16.5. The Labute approximate surface area is 138 Å². The van der Waals surface area contributed by atoms with E-state index in [1.54, 1.807) is 35.1 Å². The normalized spacial score (nSPS) is 10.4. The molecular formula is C17H16N4O3. The van der Waals surface area contributed by atoms with E-state index in [4.69, 9.17) is 9.84 Å². The van der Waals surface area contributed by atoms with Crippen molar-refractivity contribution in [1.29, 1.82) is 0 Å². The lowest BCUT2D eigenvalue weighted by Gasteiger charge is -2.08. The van der Waals surface area contributed by atoms with Gasteiger partial charge in [-0.15, -0.1) is 5.10 Å². The zero-order valence-electron chi connectivity index (χ0n) is 12.8. The molecule has 1 amide bonds. The number of carbonyl (C=O) groups excluding carboxylic acids is 1. The minimum atomic E-state index is -0.519. The number of benzene rings is 2. The van der Waals surface area contributed by atoms with Crippen molar-refractivity contribution in [3.05, 3.63) is 72.1 Å². The summed E-state index contributed by atoms with van der Waals surface area (Å²) in [6, 6.07) is 16.5. The van der Waals surface area contributed by atoms with E-state index in [1.807, 2.05) is 30.3 Å². The van der Waals surface area contributed by atoms with Gasteiger partial charge in [-0.25, -0.2) is 9.48 Å². The second kappa shape index (κ2) is 7.38. The molecule has 0 aliphatic carbocycles. The summed E-state index contributed by atoms with van der Waals surface area (Å²) in [6.45, 7) is 0.0561. The number of hydrogen-bond acceptors (Lipinski definition) is 5. The number of aliphatic hydroxyl groups excluding tert-OH is 1. The largest absolute Gasteiger partial charge is 0.444 e. The predicted octanol–water partition coefficient (Wildman–Crippen LogP) is 2.51. The minimum absolute atomic E-state index is 0.160. The fourth-order valence-corrected chi connectivity index (χ4v) is 2.07. The molecule has 1 heterocycles. The highest BCUT2D eigenvalue weighted by molar-refractivity contribution is 5.84. The van der Waals surface area contributed by atoms with Crippen LogP contribution in [-0.2, 0) is 18.0 Å². The lowest BCUT2D eigenvalue weighted by Crippen LogP contribution is -2.13. The number of rotatable bonds is 5. The maximum Gasteiger partial charge on any atom is 0.411 e. The molecule has 0 radical (unpaired) electrons. The van der Waals surface area contributed by atoms with Crippen molar-refractivity contribution in [2.75, 3.05) is 5.32 Å². The van der Waals surface area contributed by atoms with Gasteiger partial charge in [0, 0.05) is 5.69 Å². The van der Waals surface area contributed by atoms with Crippen LogP contribution < -0.4 is 5.32 Å². The molecule has 3 rings (SSSR count). The molecule has 0 atom stereocenters. The summed E-state index contributed by atoms with van der Waals surface area (Å²) in [5.74, 6) is 0. The van der Waals surface area contributed by atoms with Gasteiger partial charge < -0.3 is 9.84 Å². The Balaban J connectivity index is 1.56. The first-order chi connectivity index (χ1) is 11.7. The fraction of sp³-hybridized carbons (Fsp3) is 0.118. The lowest BCUT2D eigenvalue weighted by molar-refractivity contribution is 0.155. The smallest absolute Gasteiger partial charge is 0.411 e. The van der Waals surface area contributed by atoms with E-state index in [9.17, 15) is 4.79 Å². The molecule has 24 heavy (non-hydrogen) atoms. The van der Waals surface area contributed by atoms with E-state index in [0.717, 1.165) is 11.3 Å². The number of aliphatic hydroxyl groups is 1. The van der Waals surface area contributed by atoms with Crippen LogP contribution in [0.2, 0.25) is 0 Å².